The van der Waals surface area contributed by atoms with Crippen LogP contribution in [-0.4, -0.2) is 13.2 Å². The SMILES string of the molecule is C1=C\CCCCOCc2ccc(cc2)C[NH2+]Cc2ccc(cc2)COCCCC/1. The van der Waals surface area contributed by atoms with Gasteiger partial charge in [-0.15, -0.1) is 0 Å². The molecule has 0 aliphatic carbocycles. The molecule has 4 bridgehead atoms. The highest BCUT2D eigenvalue weighted by Crippen LogP contribution is 2.08. The van der Waals surface area contributed by atoms with E-state index in [1.165, 1.54) is 35.1 Å². The van der Waals surface area contributed by atoms with Crippen molar-refractivity contribution in [3.05, 3.63) is 82.9 Å². The zero-order valence-electron chi connectivity index (χ0n) is 17.7. The molecule has 29 heavy (non-hydrogen) atoms. The Morgan fingerprint density at radius 3 is 1.38 bits per heavy atom. The topological polar surface area (TPSA) is 35.1 Å². The zero-order chi connectivity index (χ0) is 20.0. The third kappa shape index (κ3) is 8.95. The van der Waals surface area contributed by atoms with Crippen LogP contribution in [0.15, 0.2) is 60.7 Å². The molecule has 0 aromatic heterocycles. The van der Waals surface area contributed by atoms with Crippen molar-refractivity contribution >= 4 is 0 Å². The monoisotopic (exact) mass is 394 g/mol. The van der Waals surface area contributed by atoms with Gasteiger partial charge in [-0.25, -0.2) is 0 Å². The summed E-state index contributed by atoms with van der Waals surface area (Å²) >= 11 is 0. The van der Waals surface area contributed by atoms with Crippen molar-refractivity contribution < 1.29 is 14.8 Å². The summed E-state index contributed by atoms with van der Waals surface area (Å²) in [5.41, 5.74) is 5.24. The first-order chi connectivity index (χ1) is 14.4. The number of hydrogen-bond acceptors (Lipinski definition) is 2. The molecular weight excluding hydrogens is 358 g/mol. The van der Waals surface area contributed by atoms with E-state index in [0.29, 0.717) is 13.2 Å². The predicted octanol–water partition coefficient (Wildman–Crippen LogP) is 4.89. The molecule has 2 N–H and O–H groups in total. The summed E-state index contributed by atoms with van der Waals surface area (Å²) in [4.78, 5) is 0. The average molecular weight is 395 g/mol. The lowest BCUT2D eigenvalue weighted by atomic mass is 10.1. The summed E-state index contributed by atoms with van der Waals surface area (Å²) in [5, 5.41) is 2.35. The van der Waals surface area contributed by atoms with Crippen molar-refractivity contribution in [2.75, 3.05) is 13.2 Å². The Kier molecular flexibility index (Phi) is 9.99. The van der Waals surface area contributed by atoms with E-state index in [-0.39, 0.29) is 0 Å². The number of hydrogen-bond donors (Lipinski definition) is 1. The van der Waals surface area contributed by atoms with Gasteiger partial charge in [0, 0.05) is 24.3 Å². The summed E-state index contributed by atoms with van der Waals surface area (Å²) < 4.78 is 11.7. The largest absolute Gasteiger partial charge is 0.377 e. The number of ether oxygens (including phenoxy) is 2. The van der Waals surface area contributed by atoms with Gasteiger partial charge in [-0.05, 0) is 49.7 Å². The van der Waals surface area contributed by atoms with Gasteiger partial charge in [-0.1, -0.05) is 60.7 Å². The molecular formula is C26H36NO2+. The molecule has 156 valence electrons. The number of allylic oxidation sites excluding steroid dienone is 2. The van der Waals surface area contributed by atoms with E-state index < -0.39 is 0 Å². The van der Waals surface area contributed by atoms with Gasteiger partial charge < -0.3 is 14.8 Å². The van der Waals surface area contributed by atoms with Crippen LogP contribution in [0.1, 0.15) is 60.8 Å². The number of rotatable bonds is 0. The van der Waals surface area contributed by atoms with Crippen molar-refractivity contribution in [3.8, 4) is 0 Å². The number of nitrogens with two attached hydrogens (primary N) is 1. The van der Waals surface area contributed by atoms with E-state index in [0.717, 1.165) is 52.0 Å². The molecule has 0 unspecified atom stereocenters. The van der Waals surface area contributed by atoms with E-state index in [9.17, 15) is 0 Å². The lowest BCUT2D eigenvalue weighted by Gasteiger charge is -2.07. The van der Waals surface area contributed by atoms with Crippen molar-refractivity contribution in [2.24, 2.45) is 0 Å². The van der Waals surface area contributed by atoms with Gasteiger partial charge in [0.15, 0.2) is 0 Å². The molecule has 0 amide bonds. The van der Waals surface area contributed by atoms with Gasteiger partial charge in [0.25, 0.3) is 0 Å². The Bertz CT molecular complexity index is 645. The standard InChI is InChI=1S/C26H35NO2/c1-2-4-6-8-18-29-22-26-15-11-24(12-16-26)20-27-19-23-9-13-25(14-10-23)21-28-17-7-5-3-1/h1-2,9-16,27H,3-8,17-22H2/p+1/b2-1-. The second-order valence-corrected chi connectivity index (χ2v) is 7.90. The lowest BCUT2D eigenvalue weighted by Crippen LogP contribution is -2.80. The minimum Gasteiger partial charge on any atom is -0.377 e. The first-order valence-electron chi connectivity index (χ1n) is 11.2. The molecule has 0 atom stereocenters. The summed E-state index contributed by atoms with van der Waals surface area (Å²) in [6.07, 6.45) is 11.6. The van der Waals surface area contributed by atoms with Crippen LogP contribution in [0.25, 0.3) is 0 Å². The molecule has 0 fully saturated rings. The van der Waals surface area contributed by atoms with Crippen LogP contribution in [0.4, 0.5) is 0 Å². The van der Waals surface area contributed by atoms with Gasteiger partial charge >= 0.3 is 0 Å². The normalized spacial score (nSPS) is 19.3. The smallest absolute Gasteiger partial charge is 0.101 e. The Balaban J connectivity index is 1.50. The van der Waals surface area contributed by atoms with Crippen molar-refractivity contribution in [2.45, 2.75) is 64.8 Å². The highest BCUT2D eigenvalue weighted by Gasteiger charge is 2.01. The number of benzene rings is 2. The van der Waals surface area contributed by atoms with Crippen LogP contribution >= 0.6 is 0 Å². The predicted molar refractivity (Wildman–Crippen MR) is 118 cm³/mol. The molecule has 3 heterocycles. The molecule has 3 aliphatic heterocycles. The van der Waals surface area contributed by atoms with Crippen LogP contribution in [-0.2, 0) is 35.8 Å². The summed E-state index contributed by atoms with van der Waals surface area (Å²) in [5.74, 6) is 0. The van der Waals surface area contributed by atoms with Crippen LogP contribution in [0.2, 0.25) is 0 Å². The molecule has 5 rings (SSSR count). The fourth-order valence-corrected chi connectivity index (χ4v) is 3.50. The van der Waals surface area contributed by atoms with Gasteiger partial charge in [0.2, 0.25) is 0 Å². The lowest BCUT2D eigenvalue weighted by molar-refractivity contribution is -0.686. The van der Waals surface area contributed by atoms with Crippen molar-refractivity contribution in [3.63, 3.8) is 0 Å². The molecule has 0 saturated heterocycles. The van der Waals surface area contributed by atoms with Crippen molar-refractivity contribution in [1.82, 2.24) is 0 Å². The minimum atomic E-state index is 0.717. The molecule has 0 radical (unpaired) electrons. The zero-order valence-corrected chi connectivity index (χ0v) is 17.7. The van der Waals surface area contributed by atoms with E-state index in [1.54, 1.807) is 0 Å². The highest BCUT2D eigenvalue weighted by atomic mass is 16.5. The average Bonchev–Trinajstić information content (AvgIpc) is 2.75. The molecule has 2 aromatic carbocycles. The van der Waals surface area contributed by atoms with E-state index >= 15 is 0 Å². The van der Waals surface area contributed by atoms with Gasteiger partial charge in [0.1, 0.15) is 13.1 Å². The Morgan fingerprint density at radius 2 is 0.931 bits per heavy atom. The summed E-state index contributed by atoms with van der Waals surface area (Å²) in [7, 11) is 0. The molecule has 3 heteroatoms. The maximum Gasteiger partial charge on any atom is 0.101 e. The maximum absolute atomic E-state index is 5.83. The summed E-state index contributed by atoms with van der Waals surface area (Å²) in [6, 6.07) is 17.7. The second kappa shape index (κ2) is 13.3. The minimum absolute atomic E-state index is 0.717. The molecule has 3 nitrogen and oxygen atoms in total. The van der Waals surface area contributed by atoms with E-state index in [1.807, 2.05) is 0 Å². The Hall–Kier alpha value is -1.94. The van der Waals surface area contributed by atoms with Gasteiger partial charge in [-0.2, -0.15) is 0 Å². The fourth-order valence-electron chi connectivity index (χ4n) is 3.50. The number of quaternary nitrogens is 1. The number of fused-ring (bicyclic) bond motifs is 2. The van der Waals surface area contributed by atoms with E-state index in [2.05, 4.69) is 66.0 Å². The van der Waals surface area contributed by atoms with Gasteiger partial charge in [0.05, 0.1) is 13.2 Å². The highest BCUT2D eigenvalue weighted by molar-refractivity contribution is 5.22. The quantitative estimate of drug-likeness (QED) is 0.646. The summed E-state index contributed by atoms with van der Waals surface area (Å²) in [6.45, 7) is 5.13. The van der Waals surface area contributed by atoms with Crippen LogP contribution in [0.3, 0.4) is 0 Å². The molecule has 2 aromatic rings. The van der Waals surface area contributed by atoms with Crippen molar-refractivity contribution in [1.29, 1.82) is 0 Å². The maximum atomic E-state index is 5.83. The van der Waals surface area contributed by atoms with Crippen LogP contribution in [0.5, 0.6) is 0 Å². The Morgan fingerprint density at radius 1 is 0.517 bits per heavy atom. The molecule has 0 spiro atoms. The third-order valence-electron chi connectivity index (χ3n) is 5.33. The molecule has 0 saturated carbocycles. The first-order valence-corrected chi connectivity index (χ1v) is 11.2. The van der Waals surface area contributed by atoms with Crippen LogP contribution in [0, 0.1) is 0 Å². The Labute approximate surface area is 176 Å². The second-order valence-electron chi connectivity index (χ2n) is 7.90. The van der Waals surface area contributed by atoms with Crippen LogP contribution < -0.4 is 5.32 Å². The van der Waals surface area contributed by atoms with Gasteiger partial charge in [-0.3, -0.25) is 0 Å². The van der Waals surface area contributed by atoms with E-state index in [4.69, 9.17) is 9.47 Å². The molecule has 3 aliphatic rings. The fraction of sp³-hybridized carbons (Fsp3) is 0.462. The third-order valence-corrected chi connectivity index (χ3v) is 5.33. The first kappa shape index (κ1) is 21.8.